The first-order valence-electron chi connectivity index (χ1n) is 19.1. The molecule has 0 amide bonds. The molecule has 0 aromatic rings. The number of carbonyl (C=O) groups excluding carboxylic acids is 3. The van der Waals surface area contributed by atoms with Crippen molar-refractivity contribution in [2.45, 2.75) is 187 Å². The fraction of sp³-hybridized carbons (Fsp3) is 0.921. The summed E-state index contributed by atoms with van der Waals surface area (Å²) < 4.78 is 16.8. The molecule has 0 aromatic heterocycles. The van der Waals surface area contributed by atoms with Crippen molar-refractivity contribution >= 4 is 17.9 Å². The van der Waals surface area contributed by atoms with Crippen LogP contribution in [-0.2, 0) is 28.6 Å². The van der Waals surface area contributed by atoms with Gasteiger partial charge in [0.05, 0.1) is 40.3 Å². The molecule has 0 N–H and O–H groups in total. The fourth-order valence-corrected chi connectivity index (χ4v) is 5.70. The highest BCUT2D eigenvalue weighted by Gasteiger charge is 2.25. The highest BCUT2D eigenvalue weighted by molar-refractivity contribution is 5.70. The lowest BCUT2D eigenvalue weighted by Gasteiger charge is -2.34. The topological polar surface area (TPSA) is 102 Å². The molecule has 0 aromatic carbocycles. The van der Waals surface area contributed by atoms with Crippen LogP contribution in [0.25, 0.3) is 0 Å². The van der Waals surface area contributed by atoms with Gasteiger partial charge in [-0.3, -0.25) is 9.59 Å². The molecule has 272 valence electrons. The van der Waals surface area contributed by atoms with Crippen molar-refractivity contribution in [3.63, 3.8) is 0 Å². The van der Waals surface area contributed by atoms with Gasteiger partial charge in [0.25, 0.3) is 0 Å². The number of aliphatic carboxylic acids is 1. The maximum Gasteiger partial charge on any atom is 0.306 e. The lowest BCUT2D eigenvalue weighted by atomic mass is 10.0. The molecule has 2 atom stereocenters. The molecule has 2 unspecified atom stereocenters. The number of hydrogen-bond acceptors (Lipinski definition) is 7. The molecule has 0 fully saturated rings. The third-order valence-electron chi connectivity index (χ3n) is 8.74. The molecule has 0 radical (unpaired) electrons. The van der Waals surface area contributed by atoms with Crippen LogP contribution in [0, 0.1) is 0 Å². The van der Waals surface area contributed by atoms with E-state index in [1.54, 1.807) is 21.1 Å². The van der Waals surface area contributed by atoms with Crippen molar-refractivity contribution in [3.8, 4) is 0 Å². The molecule has 0 spiro atoms. The van der Waals surface area contributed by atoms with Gasteiger partial charge < -0.3 is 28.6 Å². The second kappa shape index (κ2) is 30.7. The molecule has 0 aliphatic carbocycles. The number of carboxylic acid groups (broad SMARTS) is 1. The minimum Gasteiger partial charge on any atom is -0.544 e. The van der Waals surface area contributed by atoms with Crippen LogP contribution in [0.15, 0.2) is 0 Å². The zero-order valence-electron chi connectivity index (χ0n) is 30.8. The van der Waals surface area contributed by atoms with E-state index in [9.17, 15) is 19.5 Å². The van der Waals surface area contributed by atoms with E-state index in [2.05, 4.69) is 6.92 Å². The average Bonchev–Trinajstić information content (AvgIpc) is 3.00. The number of carboxylic acids is 1. The molecule has 0 saturated carbocycles. The van der Waals surface area contributed by atoms with Gasteiger partial charge in [0.15, 0.2) is 6.10 Å². The standard InChI is InChI=1S/C38H73NO7/c1-6-8-10-11-12-13-14-15-16-17-18-19-20-21-22-23-24-25-26-27-29-37(41)46-34(33-45-36(40)28-9-7-2)32-44-31-30-35(38(42)43)39(3,4)5/h34-35H,6-33H2,1-5H3. The first-order chi connectivity index (χ1) is 22.1. The number of carbonyl (C=O) groups is 3. The first kappa shape index (κ1) is 44.3. The summed E-state index contributed by atoms with van der Waals surface area (Å²) in [6.45, 7) is 4.43. The monoisotopic (exact) mass is 656 g/mol. The maximum atomic E-state index is 12.5. The van der Waals surface area contributed by atoms with Gasteiger partial charge in [0, 0.05) is 19.3 Å². The number of hydrogen-bond donors (Lipinski definition) is 0. The third kappa shape index (κ3) is 28.5. The number of unbranched alkanes of at least 4 members (excludes halogenated alkanes) is 20. The Morgan fingerprint density at radius 1 is 0.565 bits per heavy atom. The SMILES string of the molecule is CCCCCCCCCCCCCCCCCCCCCCC(=O)OC(COCCC(C(=O)[O-])[N+](C)(C)C)COC(=O)CCCC. The van der Waals surface area contributed by atoms with Gasteiger partial charge in [-0.15, -0.1) is 0 Å². The predicted octanol–water partition coefficient (Wildman–Crippen LogP) is 8.08. The smallest absolute Gasteiger partial charge is 0.306 e. The van der Waals surface area contributed by atoms with Crippen molar-refractivity contribution in [2.24, 2.45) is 0 Å². The highest BCUT2D eigenvalue weighted by Crippen LogP contribution is 2.15. The summed E-state index contributed by atoms with van der Waals surface area (Å²) in [6.07, 6.45) is 28.1. The maximum absolute atomic E-state index is 12.5. The summed E-state index contributed by atoms with van der Waals surface area (Å²) in [4.78, 5) is 36.0. The molecule has 0 saturated heterocycles. The van der Waals surface area contributed by atoms with E-state index >= 15 is 0 Å². The lowest BCUT2D eigenvalue weighted by Crippen LogP contribution is -2.55. The summed E-state index contributed by atoms with van der Waals surface area (Å²) >= 11 is 0. The number of ether oxygens (including phenoxy) is 3. The van der Waals surface area contributed by atoms with Crippen molar-refractivity contribution in [2.75, 3.05) is 41.0 Å². The van der Waals surface area contributed by atoms with Crippen LogP contribution in [0.4, 0.5) is 0 Å². The molecule has 8 heteroatoms. The van der Waals surface area contributed by atoms with Gasteiger partial charge in [0.1, 0.15) is 12.6 Å². The number of likely N-dealkylation sites (N-methyl/N-ethyl adjacent to an activating group) is 1. The number of nitrogens with zero attached hydrogens (tertiary/aromatic N) is 1. The zero-order chi connectivity index (χ0) is 34.3. The average molecular weight is 656 g/mol. The van der Waals surface area contributed by atoms with Crippen LogP contribution >= 0.6 is 0 Å². The van der Waals surface area contributed by atoms with E-state index in [1.165, 1.54) is 109 Å². The van der Waals surface area contributed by atoms with Crippen LogP contribution in [0.5, 0.6) is 0 Å². The Morgan fingerprint density at radius 2 is 0.978 bits per heavy atom. The second-order valence-electron chi connectivity index (χ2n) is 14.2. The van der Waals surface area contributed by atoms with Crippen molar-refractivity contribution in [3.05, 3.63) is 0 Å². The van der Waals surface area contributed by atoms with Gasteiger partial charge in [-0.2, -0.15) is 0 Å². The Bertz CT molecular complexity index is 737. The van der Waals surface area contributed by atoms with Gasteiger partial charge in [-0.05, 0) is 12.8 Å². The van der Waals surface area contributed by atoms with E-state index in [-0.39, 0.29) is 42.7 Å². The molecular weight excluding hydrogens is 582 g/mol. The normalized spacial score (nSPS) is 13.0. The Balaban J connectivity index is 3.99. The molecule has 46 heavy (non-hydrogen) atoms. The number of rotatable bonds is 34. The number of quaternary nitrogens is 1. The Labute approximate surface area is 283 Å². The van der Waals surface area contributed by atoms with Crippen LogP contribution in [0.3, 0.4) is 0 Å². The Kier molecular flexibility index (Phi) is 29.5. The van der Waals surface area contributed by atoms with E-state index in [0.717, 1.165) is 32.1 Å². The lowest BCUT2D eigenvalue weighted by molar-refractivity contribution is -0.889. The summed E-state index contributed by atoms with van der Waals surface area (Å²) in [6, 6.07) is -0.716. The summed E-state index contributed by atoms with van der Waals surface area (Å²) in [5.74, 6) is -1.77. The molecule has 0 rings (SSSR count). The van der Waals surface area contributed by atoms with Crippen LogP contribution in [-0.4, -0.2) is 75.5 Å². The van der Waals surface area contributed by atoms with E-state index in [1.807, 2.05) is 6.92 Å². The summed E-state index contributed by atoms with van der Waals surface area (Å²) in [7, 11) is 5.38. The minimum atomic E-state index is -1.13. The molecule has 0 aliphatic rings. The van der Waals surface area contributed by atoms with Crippen molar-refractivity contribution < 1.29 is 38.2 Å². The molecule has 0 heterocycles. The first-order valence-corrected chi connectivity index (χ1v) is 19.1. The van der Waals surface area contributed by atoms with Gasteiger partial charge in [-0.25, -0.2) is 0 Å². The molecule has 0 aliphatic heterocycles. The quantitative estimate of drug-likeness (QED) is 0.0392. The zero-order valence-corrected chi connectivity index (χ0v) is 30.8. The van der Waals surface area contributed by atoms with Crippen LogP contribution < -0.4 is 5.11 Å². The highest BCUT2D eigenvalue weighted by atomic mass is 16.6. The van der Waals surface area contributed by atoms with Crippen molar-refractivity contribution in [1.29, 1.82) is 0 Å². The van der Waals surface area contributed by atoms with Gasteiger partial charge in [-0.1, -0.05) is 142 Å². The van der Waals surface area contributed by atoms with Gasteiger partial charge in [0.2, 0.25) is 0 Å². The van der Waals surface area contributed by atoms with Gasteiger partial charge >= 0.3 is 11.9 Å². The van der Waals surface area contributed by atoms with E-state index in [0.29, 0.717) is 12.8 Å². The van der Waals surface area contributed by atoms with Crippen LogP contribution in [0.2, 0.25) is 0 Å². The van der Waals surface area contributed by atoms with E-state index < -0.39 is 18.1 Å². The fourth-order valence-electron chi connectivity index (χ4n) is 5.70. The Hall–Kier alpha value is -1.67. The third-order valence-corrected chi connectivity index (χ3v) is 8.74. The Morgan fingerprint density at radius 3 is 1.39 bits per heavy atom. The largest absolute Gasteiger partial charge is 0.544 e. The minimum absolute atomic E-state index is 0.0446. The van der Waals surface area contributed by atoms with E-state index in [4.69, 9.17) is 14.2 Å². The molecule has 0 bridgehead atoms. The molecular formula is C38H73NO7. The van der Waals surface area contributed by atoms with Crippen LogP contribution in [0.1, 0.15) is 174 Å². The predicted molar refractivity (Wildman–Crippen MR) is 185 cm³/mol. The second-order valence-corrected chi connectivity index (χ2v) is 14.2. The summed E-state index contributed by atoms with van der Waals surface area (Å²) in [5.41, 5.74) is 0. The summed E-state index contributed by atoms with van der Waals surface area (Å²) in [5, 5.41) is 11.5. The number of esters is 2. The molecule has 8 nitrogen and oxygen atoms in total. The van der Waals surface area contributed by atoms with Crippen molar-refractivity contribution in [1.82, 2.24) is 0 Å².